The molecule has 1 saturated heterocycles. The van der Waals surface area contributed by atoms with Crippen molar-refractivity contribution < 1.29 is 20.1 Å². The second-order valence-electron chi connectivity index (χ2n) is 5.25. The highest BCUT2D eigenvalue weighted by Gasteiger charge is 2.30. The topological polar surface area (TPSA) is 73.2 Å². The van der Waals surface area contributed by atoms with Crippen LogP contribution in [0.5, 0.6) is 5.75 Å². The molecule has 0 aliphatic carbocycles. The predicted octanol–water partition coefficient (Wildman–Crippen LogP) is 0.426. The van der Waals surface area contributed by atoms with Crippen LogP contribution in [-0.2, 0) is 0 Å². The van der Waals surface area contributed by atoms with E-state index >= 15 is 0 Å². The maximum atomic E-state index is 9.93. The van der Waals surface area contributed by atoms with Gasteiger partial charge in [-0.15, -0.1) is 0 Å². The van der Waals surface area contributed by atoms with Crippen molar-refractivity contribution in [3.8, 4) is 5.75 Å². The SMILES string of the molecule is Cc1ccc(Cl)c(OC[C@@H](O)CN2C[C@@H](O)[C@@H](O)C2)c1. The Morgan fingerprint density at radius 1 is 1.35 bits per heavy atom. The Kier molecular flexibility index (Phi) is 5.23. The van der Waals surface area contributed by atoms with E-state index in [-0.39, 0.29) is 6.61 Å². The molecule has 0 spiro atoms. The van der Waals surface area contributed by atoms with E-state index in [1.54, 1.807) is 11.0 Å². The molecule has 0 saturated carbocycles. The van der Waals surface area contributed by atoms with Gasteiger partial charge < -0.3 is 20.1 Å². The molecule has 6 heteroatoms. The minimum absolute atomic E-state index is 0.117. The van der Waals surface area contributed by atoms with Crippen LogP contribution in [0.2, 0.25) is 5.02 Å². The van der Waals surface area contributed by atoms with Gasteiger partial charge in [-0.25, -0.2) is 0 Å². The van der Waals surface area contributed by atoms with Gasteiger partial charge in [0.15, 0.2) is 0 Å². The lowest BCUT2D eigenvalue weighted by molar-refractivity contribution is 0.0572. The number of benzene rings is 1. The first-order chi connectivity index (χ1) is 9.45. The summed E-state index contributed by atoms with van der Waals surface area (Å²) in [7, 11) is 0. The van der Waals surface area contributed by atoms with Crippen molar-refractivity contribution in [2.75, 3.05) is 26.2 Å². The van der Waals surface area contributed by atoms with E-state index < -0.39 is 18.3 Å². The molecule has 20 heavy (non-hydrogen) atoms. The van der Waals surface area contributed by atoms with Gasteiger partial charge in [0.1, 0.15) is 18.5 Å². The van der Waals surface area contributed by atoms with Gasteiger partial charge in [0, 0.05) is 19.6 Å². The summed E-state index contributed by atoms with van der Waals surface area (Å²) in [4.78, 5) is 1.81. The number of nitrogens with zero attached hydrogens (tertiary/aromatic N) is 1. The molecule has 0 amide bonds. The molecule has 1 fully saturated rings. The molecule has 1 aromatic carbocycles. The van der Waals surface area contributed by atoms with E-state index in [1.807, 2.05) is 19.1 Å². The van der Waals surface area contributed by atoms with E-state index in [4.69, 9.17) is 16.3 Å². The van der Waals surface area contributed by atoms with Crippen molar-refractivity contribution >= 4 is 11.6 Å². The van der Waals surface area contributed by atoms with Crippen LogP contribution in [-0.4, -0.2) is 64.8 Å². The summed E-state index contributed by atoms with van der Waals surface area (Å²) in [6.45, 7) is 3.13. The molecule has 1 aromatic rings. The van der Waals surface area contributed by atoms with Crippen LogP contribution in [0.4, 0.5) is 0 Å². The molecule has 0 bridgehead atoms. The minimum atomic E-state index is -0.741. The zero-order chi connectivity index (χ0) is 14.7. The summed E-state index contributed by atoms with van der Waals surface area (Å²) >= 11 is 6.01. The lowest BCUT2D eigenvalue weighted by atomic mass is 10.2. The highest BCUT2D eigenvalue weighted by Crippen LogP contribution is 2.25. The van der Waals surface area contributed by atoms with Crippen LogP contribution in [0.15, 0.2) is 18.2 Å². The van der Waals surface area contributed by atoms with E-state index in [1.165, 1.54) is 0 Å². The fourth-order valence-electron chi connectivity index (χ4n) is 2.25. The van der Waals surface area contributed by atoms with Gasteiger partial charge in [0.25, 0.3) is 0 Å². The Morgan fingerprint density at radius 3 is 2.65 bits per heavy atom. The molecular weight excluding hydrogens is 282 g/mol. The maximum absolute atomic E-state index is 9.93. The smallest absolute Gasteiger partial charge is 0.138 e. The molecule has 5 nitrogen and oxygen atoms in total. The molecule has 0 radical (unpaired) electrons. The van der Waals surface area contributed by atoms with Crippen LogP contribution in [0.1, 0.15) is 5.56 Å². The summed E-state index contributed by atoms with van der Waals surface area (Å²) in [6.07, 6.45) is -2.19. The number of ether oxygens (including phenoxy) is 1. The standard InChI is InChI=1S/C14H20ClNO4/c1-9-2-3-11(15)14(4-9)20-8-10(17)5-16-6-12(18)13(19)7-16/h2-4,10,12-13,17-19H,5-8H2,1H3/t10-,12-,13+/m0/s1. The number of halogens is 1. The molecule has 2 rings (SSSR count). The fraction of sp³-hybridized carbons (Fsp3) is 0.571. The summed E-state index contributed by atoms with van der Waals surface area (Å²) in [5, 5.41) is 29.3. The van der Waals surface area contributed by atoms with Crippen LogP contribution < -0.4 is 4.74 Å². The zero-order valence-electron chi connectivity index (χ0n) is 11.4. The Morgan fingerprint density at radius 2 is 2.00 bits per heavy atom. The van der Waals surface area contributed by atoms with Crippen LogP contribution in [0.25, 0.3) is 0 Å². The van der Waals surface area contributed by atoms with Crippen molar-refractivity contribution in [3.05, 3.63) is 28.8 Å². The number of aliphatic hydroxyl groups is 3. The van der Waals surface area contributed by atoms with E-state index in [2.05, 4.69) is 0 Å². The molecule has 0 unspecified atom stereocenters. The van der Waals surface area contributed by atoms with Crippen molar-refractivity contribution in [2.45, 2.75) is 25.2 Å². The lowest BCUT2D eigenvalue weighted by Gasteiger charge is -2.20. The largest absolute Gasteiger partial charge is 0.489 e. The third-order valence-electron chi connectivity index (χ3n) is 3.32. The monoisotopic (exact) mass is 301 g/mol. The van der Waals surface area contributed by atoms with E-state index in [9.17, 15) is 15.3 Å². The number of likely N-dealkylation sites (tertiary alicyclic amines) is 1. The third-order valence-corrected chi connectivity index (χ3v) is 3.63. The molecule has 3 N–H and O–H groups in total. The summed E-state index contributed by atoms with van der Waals surface area (Å²) < 4.78 is 5.51. The van der Waals surface area contributed by atoms with E-state index in [0.717, 1.165) is 5.56 Å². The van der Waals surface area contributed by atoms with Crippen LogP contribution in [0.3, 0.4) is 0 Å². The quantitative estimate of drug-likeness (QED) is 0.735. The molecule has 1 aliphatic heterocycles. The number of rotatable bonds is 5. The predicted molar refractivity (Wildman–Crippen MR) is 76.1 cm³/mol. The third kappa shape index (κ3) is 4.07. The van der Waals surface area contributed by atoms with Crippen molar-refractivity contribution in [3.63, 3.8) is 0 Å². The van der Waals surface area contributed by atoms with Gasteiger partial charge in [-0.2, -0.15) is 0 Å². The van der Waals surface area contributed by atoms with Crippen LogP contribution >= 0.6 is 11.6 Å². The van der Waals surface area contributed by atoms with Crippen LogP contribution in [0, 0.1) is 6.92 Å². The zero-order valence-corrected chi connectivity index (χ0v) is 12.1. The summed E-state index contributed by atoms with van der Waals surface area (Å²) in [5.74, 6) is 0.548. The average molecular weight is 302 g/mol. The maximum Gasteiger partial charge on any atom is 0.138 e. The van der Waals surface area contributed by atoms with Gasteiger partial charge >= 0.3 is 0 Å². The fourth-order valence-corrected chi connectivity index (χ4v) is 2.43. The Labute approximate surface area is 123 Å². The highest BCUT2D eigenvalue weighted by molar-refractivity contribution is 6.32. The first-order valence-corrected chi connectivity index (χ1v) is 6.99. The Balaban J connectivity index is 1.80. The van der Waals surface area contributed by atoms with E-state index in [0.29, 0.717) is 30.4 Å². The number of hydrogen-bond donors (Lipinski definition) is 3. The first kappa shape index (κ1) is 15.5. The number of aliphatic hydroxyl groups excluding tert-OH is 3. The minimum Gasteiger partial charge on any atom is -0.489 e. The Hall–Kier alpha value is -0.850. The molecule has 1 heterocycles. The van der Waals surface area contributed by atoms with Gasteiger partial charge in [-0.1, -0.05) is 17.7 Å². The van der Waals surface area contributed by atoms with Crippen molar-refractivity contribution in [1.29, 1.82) is 0 Å². The molecule has 0 aromatic heterocycles. The second-order valence-corrected chi connectivity index (χ2v) is 5.66. The van der Waals surface area contributed by atoms with Gasteiger partial charge in [0.05, 0.1) is 17.2 Å². The van der Waals surface area contributed by atoms with Gasteiger partial charge in [-0.05, 0) is 24.6 Å². The normalized spacial score (nSPS) is 24.9. The van der Waals surface area contributed by atoms with Crippen molar-refractivity contribution in [1.82, 2.24) is 4.90 Å². The van der Waals surface area contributed by atoms with Gasteiger partial charge in [-0.3, -0.25) is 4.90 Å². The first-order valence-electron chi connectivity index (χ1n) is 6.61. The molecule has 1 aliphatic rings. The highest BCUT2D eigenvalue weighted by atomic mass is 35.5. The van der Waals surface area contributed by atoms with Crippen molar-refractivity contribution in [2.24, 2.45) is 0 Å². The average Bonchev–Trinajstić information content (AvgIpc) is 2.69. The molecule has 112 valence electrons. The number of β-amino-alcohol motifs (C(OH)–C–C–N with tert-alkyl or cyclic N) is 3. The molecule has 3 atom stereocenters. The summed E-state index contributed by atoms with van der Waals surface area (Å²) in [5.41, 5.74) is 1.03. The number of aryl methyl sites for hydroxylation is 1. The number of hydrogen-bond acceptors (Lipinski definition) is 5. The molecular formula is C14H20ClNO4. The summed E-state index contributed by atoms with van der Waals surface area (Å²) in [6, 6.07) is 5.46. The lowest BCUT2D eigenvalue weighted by Crippen LogP contribution is -2.35. The second kappa shape index (κ2) is 6.74. The Bertz CT molecular complexity index is 447. The van der Waals surface area contributed by atoms with Gasteiger partial charge in [0.2, 0.25) is 0 Å².